The zero-order valence-corrected chi connectivity index (χ0v) is 16.2. The lowest BCUT2D eigenvalue weighted by molar-refractivity contribution is -0.137. The third-order valence-corrected chi connectivity index (χ3v) is 4.48. The summed E-state index contributed by atoms with van der Waals surface area (Å²) < 4.78 is 47.5. The van der Waals surface area contributed by atoms with Crippen LogP contribution < -0.4 is 16.0 Å². The first-order chi connectivity index (χ1) is 14.2. The van der Waals surface area contributed by atoms with Crippen molar-refractivity contribution in [3.05, 3.63) is 42.5 Å². The molecule has 2 atom stereocenters. The molecule has 11 heteroatoms. The largest absolute Gasteiger partial charge is 0.418 e. The maximum atomic E-state index is 13.5. The zero-order chi connectivity index (χ0) is 21.7. The highest BCUT2D eigenvalue weighted by molar-refractivity contribution is 5.95. The maximum absolute atomic E-state index is 13.5. The van der Waals surface area contributed by atoms with E-state index in [1.54, 1.807) is 30.2 Å². The highest BCUT2D eigenvalue weighted by Crippen LogP contribution is 2.36. The van der Waals surface area contributed by atoms with Gasteiger partial charge in [-0.25, -0.2) is 9.78 Å². The van der Waals surface area contributed by atoms with Crippen molar-refractivity contribution >= 4 is 23.3 Å². The summed E-state index contributed by atoms with van der Waals surface area (Å²) in [6, 6.07) is 2.07. The number of ether oxygens (including phenoxy) is 1. The summed E-state index contributed by atoms with van der Waals surface area (Å²) in [7, 11) is 0. The van der Waals surface area contributed by atoms with Crippen LogP contribution in [0.1, 0.15) is 25.3 Å². The van der Waals surface area contributed by atoms with Crippen molar-refractivity contribution in [1.82, 2.24) is 14.9 Å². The van der Waals surface area contributed by atoms with Crippen LogP contribution in [0.2, 0.25) is 0 Å². The minimum atomic E-state index is -4.73. The molecule has 0 aliphatic carbocycles. The molecule has 0 unspecified atom stereocenters. The van der Waals surface area contributed by atoms with Gasteiger partial charge < -0.3 is 25.3 Å². The molecule has 1 fully saturated rings. The summed E-state index contributed by atoms with van der Waals surface area (Å²) in [5.41, 5.74) is -1.50. The van der Waals surface area contributed by atoms with Gasteiger partial charge >= 0.3 is 12.2 Å². The Labute approximate surface area is 170 Å². The number of hydrogen-bond donors (Lipinski definition) is 3. The van der Waals surface area contributed by atoms with Gasteiger partial charge in [0.05, 0.1) is 17.6 Å². The van der Waals surface area contributed by atoms with Gasteiger partial charge in [-0.2, -0.15) is 13.2 Å². The van der Waals surface area contributed by atoms with Gasteiger partial charge in [-0.1, -0.05) is 0 Å². The molecular weight excluding hydrogens is 403 g/mol. The fraction of sp³-hybridized carbons (Fsp3) is 0.421. The van der Waals surface area contributed by atoms with Gasteiger partial charge in [0, 0.05) is 37.3 Å². The van der Waals surface area contributed by atoms with Crippen LogP contribution in [0.4, 0.5) is 29.3 Å². The van der Waals surface area contributed by atoms with Gasteiger partial charge in [0.2, 0.25) is 0 Å². The fourth-order valence-electron chi connectivity index (χ4n) is 3.11. The lowest BCUT2D eigenvalue weighted by atomic mass is 10.1. The fourth-order valence-corrected chi connectivity index (χ4v) is 3.11. The van der Waals surface area contributed by atoms with E-state index in [-0.39, 0.29) is 11.7 Å². The lowest BCUT2D eigenvalue weighted by Crippen LogP contribution is -2.38. The Hall–Kier alpha value is -3.08. The van der Waals surface area contributed by atoms with E-state index in [2.05, 4.69) is 20.9 Å². The van der Waals surface area contributed by atoms with E-state index in [9.17, 15) is 22.8 Å². The van der Waals surface area contributed by atoms with E-state index >= 15 is 0 Å². The first-order valence-corrected chi connectivity index (χ1v) is 9.39. The minimum Gasteiger partial charge on any atom is -0.368 e. The van der Waals surface area contributed by atoms with Crippen LogP contribution in [0.15, 0.2) is 36.9 Å². The van der Waals surface area contributed by atoms with E-state index in [0.29, 0.717) is 19.6 Å². The van der Waals surface area contributed by atoms with E-state index < -0.39 is 35.5 Å². The van der Waals surface area contributed by atoms with Crippen LogP contribution in [0.25, 0.3) is 0 Å². The quantitative estimate of drug-likeness (QED) is 0.662. The van der Waals surface area contributed by atoms with Gasteiger partial charge in [0.15, 0.2) is 0 Å². The second kappa shape index (κ2) is 9.16. The zero-order valence-electron chi connectivity index (χ0n) is 16.2. The first kappa shape index (κ1) is 21.6. The van der Waals surface area contributed by atoms with E-state index in [1.165, 1.54) is 6.07 Å². The van der Waals surface area contributed by atoms with Crippen LogP contribution in [-0.4, -0.2) is 40.2 Å². The Morgan fingerprint density at radius 1 is 1.33 bits per heavy atom. The Kier molecular flexibility index (Phi) is 6.60. The van der Waals surface area contributed by atoms with Gasteiger partial charge in [0.25, 0.3) is 5.91 Å². The second-order valence-electron chi connectivity index (χ2n) is 7.01. The van der Waals surface area contributed by atoms with Crippen LogP contribution >= 0.6 is 0 Å². The molecule has 3 N–H and O–H groups in total. The Morgan fingerprint density at radius 3 is 2.77 bits per heavy atom. The summed E-state index contributed by atoms with van der Waals surface area (Å²) >= 11 is 0. The Bertz CT molecular complexity index is 880. The van der Waals surface area contributed by atoms with Gasteiger partial charge in [0.1, 0.15) is 6.10 Å². The van der Waals surface area contributed by atoms with Gasteiger partial charge in [-0.3, -0.25) is 4.79 Å². The Balaban J connectivity index is 1.67. The van der Waals surface area contributed by atoms with E-state index in [0.717, 1.165) is 18.6 Å². The third kappa shape index (κ3) is 5.72. The molecule has 30 heavy (non-hydrogen) atoms. The molecule has 0 spiro atoms. The summed E-state index contributed by atoms with van der Waals surface area (Å²) in [5, 5.41) is 7.24. The summed E-state index contributed by atoms with van der Waals surface area (Å²) in [4.78, 5) is 28.1. The molecule has 3 rings (SSSR count). The number of anilines is 2. The Morgan fingerprint density at radius 2 is 2.13 bits per heavy atom. The molecule has 2 heterocycles. The third-order valence-electron chi connectivity index (χ3n) is 4.48. The lowest BCUT2D eigenvalue weighted by Gasteiger charge is -2.19. The van der Waals surface area contributed by atoms with Crippen LogP contribution in [0.5, 0.6) is 0 Å². The summed E-state index contributed by atoms with van der Waals surface area (Å²) in [6.07, 6.45) is 0.720. The molecule has 3 amide bonds. The second-order valence-corrected chi connectivity index (χ2v) is 7.01. The van der Waals surface area contributed by atoms with Crippen molar-refractivity contribution < 1.29 is 27.5 Å². The molecule has 1 aromatic heterocycles. The van der Waals surface area contributed by atoms with Crippen LogP contribution in [-0.2, 0) is 22.3 Å². The highest BCUT2D eigenvalue weighted by atomic mass is 19.4. The molecule has 162 valence electrons. The molecule has 2 aromatic rings. The molecule has 1 aliphatic heterocycles. The molecule has 1 aliphatic rings. The number of amides is 3. The smallest absolute Gasteiger partial charge is 0.368 e. The molecule has 0 saturated carbocycles. The average molecular weight is 425 g/mol. The normalized spacial score (nSPS) is 17.4. The number of imidazole rings is 1. The summed E-state index contributed by atoms with van der Waals surface area (Å²) in [6.45, 7) is 2.57. The number of nitrogens with one attached hydrogen (secondary N) is 3. The standard InChI is InChI=1S/C19H22F3N5O3/c1-12(10-27-7-6-23-11-27)24-18(29)26-15-5-4-13(9-14(15)19(20,21)22)25-17(28)16-3-2-8-30-16/h4-7,9,11-12,16H,2-3,8,10H2,1H3,(H,25,28)(H2,24,26,29)/t12-,16-/m1/s1. The number of carbonyl (C=O) groups excluding carboxylic acids is 2. The van der Waals surface area contributed by atoms with Crippen molar-refractivity contribution in [3.63, 3.8) is 0 Å². The number of alkyl halides is 3. The van der Waals surface area contributed by atoms with Gasteiger partial charge in [-0.05, 0) is 38.0 Å². The molecule has 8 nitrogen and oxygen atoms in total. The number of benzene rings is 1. The van der Waals surface area contributed by atoms with Crippen molar-refractivity contribution in [2.75, 3.05) is 17.2 Å². The topological polar surface area (TPSA) is 97.3 Å². The van der Waals surface area contributed by atoms with Crippen LogP contribution in [0, 0.1) is 0 Å². The predicted octanol–water partition coefficient (Wildman–Crippen LogP) is 3.23. The monoisotopic (exact) mass is 425 g/mol. The number of nitrogens with zero attached hydrogens (tertiary/aromatic N) is 2. The molecule has 1 saturated heterocycles. The predicted molar refractivity (Wildman–Crippen MR) is 103 cm³/mol. The molecular formula is C19H22F3N5O3. The maximum Gasteiger partial charge on any atom is 0.418 e. The van der Waals surface area contributed by atoms with Crippen LogP contribution in [0.3, 0.4) is 0 Å². The first-order valence-electron chi connectivity index (χ1n) is 9.39. The number of hydrogen-bond acceptors (Lipinski definition) is 4. The highest BCUT2D eigenvalue weighted by Gasteiger charge is 2.35. The molecule has 0 bridgehead atoms. The van der Waals surface area contributed by atoms with Crippen molar-refractivity contribution in [1.29, 1.82) is 0 Å². The molecule has 0 radical (unpaired) electrons. The number of aromatic nitrogens is 2. The SMILES string of the molecule is C[C@H](Cn1ccnc1)NC(=O)Nc1ccc(NC(=O)[C@H]2CCCO2)cc1C(F)(F)F. The van der Waals surface area contributed by atoms with E-state index in [4.69, 9.17) is 4.74 Å². The van der Waals surface area contributed by atoms with E-state index in [1.807, 2.05) is 0 Å². The minimum absolute atomic E-state index is 0.0257. The van der Waals surface area contributed by atoms with Gasteiger partial charge in [-0.15, -0.1) is 0 Å². The average Bonchev–Trinajstić information content (AvgIpc) is 3.35. The summed E-state index contributed by atoms with van der Waals surface area (Å²) in [5.74, 6) is -0.493. The van der Waals surface area contributed by atoms with Crippen molar-refractivity contribution in [2.24, 2.45) is 0 Å². The van der Waals surface area contributed by atoms with Crippen molar-refractivity contribution in [2.45, 2.75) is 44.6 Å². The number of halogens is 3. The van der Waals surface area contributed by atoms with Crippen molar-refractivity contribution in [3.8, 4) is 0 Å². The number of carbonyl (C=O) groups is 2. The molecule has 1 aromatic carbocycles. The number of urea groups is 1. The number of rotatable bonds is 6.